The third-order valence-electron chi connectivity index (χ3n) is 6.04. The molecule has 8 heteroatoms. The summed E-state index contributed by atoms with van der Waals surface area (Å²) in [6.45, 7) is 5.82. The van der Waals surface area contributed by atoms with Crippen LogP contribution in [-0.4, -0.2) is 42.5 Å². The maximum absolute atomic E-state index is 13.8. The number of aryl methyl sites for hydroxylation is 1. The number of halogens is 1. The summed E-state index contributed by atoms with van der Waals surface area (Å²) in [6.07, 6.45) is 4.87. The molecule has 2 heterocycles. The average molecular weight is 474 g/mol. The van der Waals surface area contributed by atoms with E-state index >= 15 is 0 Å². The van der Waals surface area contributed by atoms with Crippen LogP contribution in [0.4, 0.5) is 21.5 Å². The minimum absolute atomic E-state index is 0.224. The van der Waals surface area contributed by atoms with Gasteiger partial charge in [-0.3, -0.25) is 9.78 Å². The molecular formula is C27H28FN5O2. The zero-order valence-electron chi connectivity index (χ0n) is 20.1. The largest absolute Gasteiger partial charge is 0.492 e. The van der Waals surface area contributed by atoms with Gasteiger partial charge in [0.25, 0.3) is 0 Å². The zero-order chi connectivity index (χ0) is 24.9. The van der Waals surface area contributed by atoms with Crippen molar-refractivity contribution in [3.8, 4) is 11.8 Å². The van der Waals surface area contributed by atoms with E-state index in [0.717, 1.165) is 31.5 Å². The monoisotopic (exact) mass is 473 g/mol. The summed E-state index contributed by atoms with van der Waals surface area (Å²) in [5.74, 6) is -0.0328. The number of fused-ring (bicyclic) bond motifs is 1. The van der Waals surface area contributed by atoms with Gasteiger partial charge in [-0.25, -0.2) is 4.39 Å². The molecule has 1 aromatic heterocycles. The third kappa shape index (κ3) is 5.58. The van der Waals surface area contributed by atoms with Crippen molar-refractivity contribution in [1.82, 2.24) is 9.88 Å². The fraction of sp³-hybridized carbons (Fsp3) is 0.296. The Morgan fingerprint density at radius 1 is 1.29 bits per heavy atom. The van der Waals surface area contributed by atoms with Crippen LogP contribution >= 0.6 is 0 Å². The number of likely N-dealkylation sites (tertiary alicyclic amines) is 1. The van der Waals surface area contributed by atoms with Crippen LogP contribution in [0.5, 0.6) is 5.75 Å². The van der Waals surface area contributed by atoms with E-state index < -0.39 is 0 Å². The second-order valence-electron chi connectivity index (χ2n) is 8.64. The Kier molecular flexibility index (Phi) is 7.28. The van der Waals surface area contributed by atoms with Crippen molar-refractivity contribution in [2.75, 3.05) is 37.4 Å². The second-order valence-corrected chi connectivity index (χ2v) is 8.64. The lowest BCUT2D eigenvalue weighted by Gasteiger charge is -2.23. The summed E-state index contributed by atoms with van der Waals surface area (Å²) in [5, 5.41) is 16.5. The van der Waals surface area contributed by atoms with Gasteiger partial charge in [-0.2, -0.15) is 5.26 Å². The number of hydrogen-bond donors (Lipinski definition) is 2. The first-order chi connectivity index (χ1) is 16.9. The highest BCUT2D eigenvalue weighted by Gasteiger charge is 2.17. The van der Waals surface area contributed by atoms with Crippen LogP contribution in [0.15, 0.2) is 48.2 Å². The molecule has 0 atom stereocenters. The van der Waals surface area contributed by atoms with E-state index in [1.54, 1.807) is 37.3 Å². The van der Waals surface area contributed by atoms with E-state index in [9.17, 15) is 14.4 Å². The van der Waals surface area contributed by atoms with Gasteiger partial charge in [0.05, 0.1) is 29.1 Å². The van der Waals surface area contributed by atoms with Crippen molar-refractivity contribution in [2.45, 2.75) is 26.7 Å². The average Bonchev–Trinajstić information content (AvgIpc) is 2.84. The molecule has 3 aromatic rings. The molecule has 2 N–H and O–H groups in total. The number of nitrogens with one attached hydrogen (secondary N) is 2. The second kappa shape index (κ2) is 10.5. The molecule has 35 heavy (non-hydrogen) atoms. The minimum atomic E-state index is -0.305. The van der Waals surface area contributed by atoms with Gasteiger partial charge in [-0.05, 0) is 63.6 Å². The van der Waals surface area contributed by atoms with Crippen molar-refractivity contribution >= 4 is 33.9 Å². The third-order valence-corrected chi connectivity index (χ3v) is 6.04. The first-order valence-electron chi connectivity index (χ1n) is 11.6. The fourth-order valence-corrected chi connectivity index (χ4v) is 4.08. The number of rotatable bonds is 6. The number of carbonyl (C=O) groups is 1. The zero-order valence-corrected chi connectivity index (χ0v) is 20.1. The number of nitriles is 1. The Morgan fingerprint density at radius 3 is 2.74 bits per heavy atom. The number of benzene rings is 2. The molecule has 7 nitrogen and oxygen atoms in total. The normalized spacial score (nSPS) is 13.9. The molecule has 0 spiro atoms. The summed E-state index contributed by atoms with van der Waals surface area (Å²) < 4.78 is 19.5. The van der Waals surface area contributed by atoms with Gasteiger partial charge in [0, 0.05) is 42.5 Å². The number of piperidine rings is 1. The highest BCUT2D eigenvalue weighted by atomic mass is 19.1. The van der Waals surface area contributed by atoms with E-state index in [4.69, 9.17) is 4.74 Å². The van der Waals surface area contributed by atoms with Gasteiger partial charge in [0.2, 0.25) is 5.91 Å². The predicted molar refractivity (Wildman–Crippen MR) is 135 cm³/mol. The van der Waals surface area contributed by atoms with E-state index in [2.05, 4.69) is 33.6 Å². The highest BCUT2D eigenvalue weighted by molar-refractivity contribution is 6.05. The first kappa shape index (κ1) is 24.2. The van der Waals surface area contributed by atoms with Crippen LogP contribution in [0.1, 0.15) is 30.9 Å². The fourth-order valence-electron chi connectivity index (χ4n) is 4.08. The van der Waals surface area contributed by atoms with Gasteiger partial charge in [0.1, 0.15) is 17.6 Å². The lowest BCUT2D eigenvalue weighted by molar-refractivity contribution is -0.112. The molecule has 0 radical (unpaired) electrons. The predicted octanol–water partition coefficient (Wildman–Crippen LogP) is 5.29. The van der Waals surface area contributed by atoms with E-state index in [-0.39, 0.29) is 11.7 Å². The quantitative estimate of drug-likeness (QED) is 0.473. The topological polar surface area (TPSA) is 90.3 Å². The Bertz CT molecular complexity index is 1340. The van der Waals surface area contributed by atoms with Gasteiger partial charge in [-0.15, -0.1) is 0 Å². The molecule has 180 valence electrons. The van der Waals surface area contributed by atoms with Gasteiger partial charge < -0.3 is 20.3 Å². The molecule has 1 saturated heterocycles. The van der Waals surface area contributed by atoms with Gasteiger partial charge in [-0.1, -0.05) is 5.57 Å². The Labute approximate surface area is 204 Å². The number of ether oxygens (including phenoxy) is 1. The number of pyridine rings is 1. The maximum atomic E-state index is 13.8. The van der Waals surface area contributed by atoms with Crippen LogP contribution in [0.25, 0.3) is 10.9 Å². The van der Waals surface area contributed by atoms with Crippen LogP contribution in [0.3, 0.4) is 0 Å². The summed E-state index contributed by atoms with van der Waals surface area (Å²) >= 11 is 0. The number of nitrogens with zero attached hydrogens (tertiary/aromatic N) is 3. The summed E-state index contributed by atoms with van der Waals surface area (Å²) in [4.78, 5) is 19.5. The summed E-state index contributed by atoms with van der Waals surface area (Å²) in [6, 6.07) is 10.3. The maximum Gasteiger partial charge on any atom is 0.248 e. The van der Waals surface area contributed by atoms with Gasteiger partial charge in [0.15, 0.2) is 0 Å². The SMILES string of the molecule is CCOc1cc2ncc(C#N)c(Nc3ccc(F)c(C)c3)c2cc1NC(=O)C=C1CCN(C)CC1. The van der Waals surface area contributed by atoms with Crippen LogP contribution in [0.2, 0.25) is 0 Å². The number of amides is 1. The smallest absolute Gasteiger partial charge is 0.248 e. The lowest BCUT2D eigenvalue weighted by atomic mass is 10.0. The Balaban J connectivity index is 1.73. The molecule has 0 unspecified atom stereocenters. The molecule has 1 fully saturated rings. The molecule has 1 amide bonds. The molecular weight excluding hydrogens is 445 g/mol. The summed E-state index contributed by atoms with van der Waals surface area (Å²) in [7, 11) is 2.07. The minimum Gasteiger partial charge on any atom is -0.492 e. The van der Waals surface area contributed by atoms with Crippen molar-refractivity contribution in [3.63, 3.8) is 0 Å². The summed E-state index contributed by atoms with van der Waals surface area (Å²) in [5.41, 5.74) is 4.18. The number of hydrogen-bond acceptors (Lipinski definition) is 6. The van der Waals surface area contributed by atoms with Crippen molar-refractivity contribution in [2.24, 2.45) is 0 Å². The number of anilines is 3. The molecule has 4 rings (SSSR count). The van der Waals surface area contributed by atoms with Crippen LogP contribution in [0, 0.1) is 24.1 Å². The standard InChI is InChI=1S/C27H28FN5O2/c1-4-35-25-14-23-21(13-24(25)32-26(34)12-18-7-9-33(3)10-8-18)27(19(15-29)16-30-23)31-20-5-6-22(28)17(2)11-20/h5-6,11-14,16H,4,7-10H2,1-3H3,(H,30,31)(H,32,34). The van der Waals surface area contributed by atoms with Crippen molar-refractivity contribution < 1.29 is 13.9 Å². The number of carbonyl (C=O) groups excluding carboxylic acids is 1. The van der Waals surface area contributed by atoms with Gasteiger partial charge >= 0.3 is 0 Å². The highest BCUT2D eigenvalue weighted by Crippen LogP contribution is 2.36. The lowest BCUT2D eigenvalue weighted by Crippen LogP contribution is -2.27. The molecule has 0 aliphatic carbocycles. The Hall–Kier alpha value is -3.96. The van der Waals surface area contributed by atoms with Crippen LogP contribution < -0.4 is 15.4 Å². The first-order valence-corrected chi connectivity index (χ1v) is 11.6. The van der Waals surface area contributed by atoms with Crippen molar-refractivity contribution in [3.05, 3.63) is 65.1 Å². The number of aromatic nitrogens is 1. The van der Waals surface area contributed by atoms with E-state index in [1.807, 2.05) is 6.92 Å². The molecule has 1 aliphatic heterocycles. The van der Waals surface area contributed by atoms with Crippen LogP contribution in [-0.2, 0) is 4.79 Å². The molecule has 0 saturated carbocycles. The van der Waals surface area contributed by atoms with Crippen molar-refractivity contribution in [1.29, 1.82) is 5.26 Å². The molecule has 1 aliphatic rings. The molecule has 2 aromatic carbocycles. The van der Waals surface area contributed by atoms with E-state index in [0.29, 0.717) is 51.4 Å². The van der Waals surface area contributed by atoms with E-state index in [1.165, 1.54) is 12.3 Å². The Morgan fingerprint density at radius 2 is 2.06 bits per heavy atom. The molecule has 0 bridgehead atoms.